The molecule has 0 radical (unpaired) electrons. The van der Waals surface area contributed by atoms with Crippen molar-refractivity contribution >= 4 is 6.03 Å². The second-order valence-corrected chi connectivity index (χ2v) is 4.33. The van der Waals surface area contributed by atoms with Crippen molar-refractivity contribution in [1.29, 1.82) is 0 Å². The number of hydrogen-bond donors (Lipinski definition) is 2. The highest BCUT2D eigenvalue weighted by Gasteiger charge is 2.23. The van der Waals surface area contributed by atoms with Gasteiger partial charge in [0, 0.05) is 12.6 Å². The fourth-order valence-corrected chi connectivity index (χ4v) is 2.22. The van der Waals surface area contributed by atoms with Crippen molar-refractivity contribution in [2.45, 2.75) is 18.9 Å². The average Bonchev–Trinajstić information content (AvgIpc) is 2.77. The summed E-state index contributed by atoms with van der Waals surface area (Å²) < 4.78 is 17.1. The van der Waals surface area contributed by atoms with Crippen LogP contribution in [0.4, 0.5) is 9.18 Å². The molecule has 18 heavy (non-hydrogen) atoms. The second kappa shape index (κ2) is 5.71. The number of urea groups is 1. The molecule has 0 aromatic heterocycles. The number of alkyl halides is 1. The lowest BCUT2D eigenvalue weighted by atomic mass is 10.1. The zero-order valence-electron chi connectivity index (χ0n) is 10.3. The molecular formula is C13H17FN2O2. The van der Waals surface area contributed by atoms with Crippen LogP contribution in [0.1, 0.15) is 11.1 Å². The summed E-state index contributed by atoms with van der Waals surface area (Å²) in [6.45, 7) is -0.491. The first kappa shape index (κ1) is 12.7. The molecule has 5 heteroatoms. The van der Waals surface area contributed by atoms with Gasteiger partial charge in [-0.05, 0) is 36.1 Å². The van der Waals surface area contributed by atoms with E-state index in [2.05, 4.69) is 10.6 Å². The van der Waals surface area contributed by atoms with Crippen molar-refractivity contribution in [1.82, 2.24) is 10.6 Å². The Hall–Kier alpha value is -1.78. The van der Waals surface area contributed by atoms with E-state index in [0.717, 1.165) is 18.6 Å². The molecule has 0 saturated carbocycles. The Kier molecular flexibility index (Phi) is 4.02. The molecule has 0 saturated heterocycles. The van der Waals surface area contributed by atoms with E-state index < -0.39 is 6.67 Å². The van der Waals surface area contributed by atoms with Crippen LogP contribution in [0, 0.1) is 0 Å². The Labute approximate surface area is 106 Å². The summed E-state index contributed by atoms with van der Waals surface area (Å²) >= 11 is 0. The maximum absolute atomic E-state index is 11.9. The Bertz CT molecular complexity index is 437. The van der Waals surface area contributed by atoms with Crippen LogP contribution in [0.2, 0.25) is 0 Å². The first-order valence-corrected chi connectivity index (χ1v) is 5.99. The van der Waals surface area contributed by atoms with Crippen LogP contribution >= 0.6 is 0 Å². The van der Waals surface area contributed by atoms with Gasteiger partial charge in [-0.15, -0.1) is 0 Å². The molecule has 4 nitrogen and oxygen atoms in total. The molecule has 1 atom stereocenters. The summed E-state index contributed by atoms with van der Waals surface area (Å²) in [5.41, 5.74) is 2.43. The number of nitrogens with one attached hydrogen (secondary N) is 2. The van der Waals surface area contributed by atoms with Crippen LogP contribution in [0.3, 0.4) is 0 Å². The first-order chi connectivity index (χ1) is 8.72. The third-order valence-corrected chi connectivity index (χ3v) is 3.06. The van der Waals surface area contributed by atoms with Crippen molar-refractivity contribution in [3.8, 4) is 5.75 Å². The zero-order valence-corrected chi connectivity index (χ0v) is 10.3. The largest absolute Gasteiger partial charge is 0.497 e. The molecule has 1 aromatic carbocycles. The van der Waals surface area contributed by atoms with Gasteiger partial charge < -0.3 is 15.4 Å². The van der Waals surface area contributed by atoms with Gasteiger partial charge >= 0.3 is 6.03 Å². The second-order valence-electron chi connectivity index (χ2n) is 4.33. The number of amides is 2. The van der Waals surface area contributed by atoms with Crippen molar-refractivity contribution < 1.29 is 13.9 Å². The highest BCUT2D eigenvalue weighted by molar-refractivity contribution is 5.74. The highest BCUT2D eigenvalue weighted by Crippen LogP contribution is 2.26. The summed E-state index contributed by atoms with van der Waals surface area (Å²) in [6, 6.07) is 5.71. The number of methoxy groups -OCH3 is 1. The number of fused-ring (bicyclic) bond motifs is 1. The van der Waals surface area contributed by atoms with E-state index in [-0.39, 0.29) is 18.6 Å². The number of rotatable bonds is 4. The molecule has 1 aromatic rings. The van der Waals surface area contributed by atoms with Gasteiger partial charge in [0.1, 0.15) is 12.4 Å². The average molecular weight is 252 g/mol. The van der Waals surface area contributed by atoms with E-state index in [0.29, 0.717) is 0 Å². The smallest absolute Gasteiger partial charge is 0.315 e. The third kappa shape index (κ3) is 2.91. The molecule has 1 unspecified atom stereocenters. The summed E-state index contributed by atoms with van der Waals surface area (Å²) in [6.07, 6.45) is 1.60. The van der Waals surface area contributed by atoms with Crippen molar-refractivity contribution in [2.75, 3.05) is 20.3 Å². The molecular weight excluding hydrogens is 235 g/mol. The monoisotopic (exact) mass is 252 g/mol. The maximum Gasteiger partial charge on any atom is 0.315 e. The molecule has 0 bridgehead atoms. The van der Waals surface area contributed by atoms with Gasteiger partial charge in [-0.25, -0.2) is 9.18 Å². The number of benzene rings is 1. The molecule has 2 amide bonds. The van der Waals surface area contributed by atoms with Crippen LogP contribution in [0.15, 0.2) is 18.2 Å². The normalized spacial score (nSPS) is 17.1. The Balaban J connectivity index is 1.91. The third-order valence-electron chi connectivity index (χ3n) is 3.06. The molecule has 0 aliphatic heterocycles. The fraction of sp³-hybridized carbons (Fsp3) is 0.462. The maximum atomic E-state index is 11.9. The summed E-state index contributed by atoms with van der Waals surface area (Å²) in [5, 5.41) is 5.30. The van der Waals surface area contributed by atoms with Gasteiger partial charge in [0.2, 0.25) is 0 Å². The predicted molar refractivity (Wildman–Crippen MR) is 66.7 cm³/mol. The molecule has 0 fully saturated rings. The van der Waals surface area contributed by atoms with Gasteiger partial charge in [0.15, 0.2) is 0 Å². The fourth-order valence-electron chi connectivity index (χ4n) is 2.22. The lowest BCUT2D eigenvalue weighted by molar-refractivity contribution is 0.236. The topological polar surface area (TPSA) is 50.4 Å². The molecule has 1 aliphatic carbocycles. The minimum absolute atomic E-state index is 0.0549. The highest BCUT2D eigenvalue weighted by atomic mass is 19.1. The molecule has 2 N–H and O–H groups in total. The first-order valence-electron chi connectivity index (χ1n) is 5.99. The van der Waals surface area contributed by atoms with Crippen LogP contribution in [-0.4, -0.2) is 32.4 Å². The van der Waals surface area contributed by atoms with Crippen LogP contribution in [-0.2, 0) is 12.8 Å². The Morgan fingerprint density at radius 2 is 2.22 bits per heavy atom. The van der Waals surface area contributed by atoms with E-state index in [1.807, 2.05) is 18.2 Å². The SMILES string of the molecule is COc1ccc2c(c1)CC(NC(=O)NCCF)C2. The van der Waals surface area contributed by atoms with Gasteiger partial charge in [0.25, 0.3) is 0 Å². The van der Waals surface area contributed by atoms with Gasteiger partial charge in [-0.2, -0.15) is 0 Å². The van der Waals surface area contributed by atoms with Gasteiger partial charge in [-0.1, -0.05) is 6.07 Å². The Morgan fingerprint density at radius 3 is 2.94 bits per heavy atom. The standard InChI is InChI=1S/C13H17FN2O2/c1-18-12-3-2-9-6-11(7-10(9)8-12)16-13(17)15-5-4-14/h2-3,8,11H,4-7H2,1H3,(H2,15,16,17). The van der Waals surface area contributed by atoms with Gasteiger partial charge in [0.05, 0.1) is 7.11 Å². The van der Waals surface area contributed by atoms with E-state index >= 15 is 0 Å². The van der Waals surface area contributed by atoms with Crippen LogP contribution < -0.4 is 15.4 Å². The molecule has 0 heterocycles. The van der Waals surface area contributed by atoms with Crippen molar-refractivity contribution in [2.24, 2.45) is 0 Å². The van der Waals surface area contributed by atoms with E-state index in [9.17, 15) is 9.18 Å². The summed E-state index contributed by atoms with van der Waals surface area (Å²) in [5.74, 6) is 0.830. The van der Waals surface area contributed by atoms with Gasteiger partial charge in [-0.3, -0.25) is 0 Å². The lowest BCUT2D eigenvalue weighted by Gasteiger charge is -2.12. The molecule has 0 spiro atoms. The molecule has 1 aliphatic rings. The summed E-state index contributed by atoms with van der Waals surface area (Å²) in [7, 11) is 1.64. The van der Waals surface area contributed by atoms with Crippen LogP contribution in [0.25, 0.3) is 0 Å². The van der Waals surface area contributed by atoms with Crippen LogP contribution in [0.5, 0.6) is 5.75 Å². The van der Waals surface area contributed by atoms with E-state index in [1.165, 1.54) is 11.1 Å². The number of carbonyl (C=O) groups excluding carboxylic acids is 1. The number of ether oxygens (including phenoxy) is 1. The number of carbonyl (C=O) groups is 1. The minimum Gasteiger partial charge on any atom is -0.497 e. The van der Waals surface area contributed by atoms with E-state index in [4.69, 9.17) is 4.74 Å². The van der Waals surface area contributed by atoms with Crippen molar-refractivity contribution in [3.05, 3.63) is 29.3 Å². The predicted octanol–water partition coefficient (Wildman–Crippen LogP) is 1.43. The molecule has 2 rings (SSSR count). The Morgan fingerprint density at radius 1 is 1.44 bits per heavy atom. The minimum atomic E-state index is -0.546. The quantitative estimate of drug-likeness (QED) is 0.851. The number of halogens is 1. The lowest BCUT2D eigenvalue weighted by Crippen LogP contribution is -2.43. The zero-order chi connectivity index (χ0) is 13.0. The number of hydrogen-bond acceptors (Lipinski definition) is 2. The summed E-state index contributed by atoms with van der Waals surface area (Å²) in [4.78, 5) is 11.4. The molecule has 98 valence electrons. The van der Waals surface area contributed by atoms with Crippen molar-refractivity contribution in [3.63, 3.8) is 0 Å². The van der Waals surface area contributed by atoms with E-state index in [1.54, 1.807) is 7.11 Å².